The van der Waals surface area contributed by atoms with Crippen LogP contribution in [-0.2, 0) is 9.53 Å². The molecule has 1 fully saturated rings. The summed E-state index contributed by atoms with van der Waals surface area (Å²) in [5, 5.41) is 42.1. The molecular formula is C18H15F3N6O8. The first-order valence-corrected chi connectivity index (χ1v) is 9.67. The second-order valence-corrected chi connectivity index (χ2v) is 7.21. The zero-order chi connectivity index (χ0) is 25.5. The number of fused-ring (bicyclic) bond motifs is 1. The Kier molecular flexibility index (Phi) is 6.24. The number of nitro groups is 1. The molecule has 0 saturated carbocycles. The van der Waals surface area contributed by atoms with E-state index in [4.69, 9.17) is 9.47 Å². The highest BCUT2D eigenvalue weighted by atomic mass is 19.4. The van der Waals surface area contributed by atoms with Gasteiger partial charge in [0.25, 0.3) is 11.6 Å². The summed E-state index contributed by atoms with van der Waals surface area (Å²) in [5.74, 6) is -3.88. The molecular weight excluding hydrogens is 485 g/mol. The van der Waals surface area contributed by atoms with Gasteiger partial charge in [-0.25, -0.2) is 4.98 Å². The highest BCUT2D eigenvalue weighted by Gasteiger charge is 2.44. The standard InChI is InChI=1S/C18H15F3N6O8/c19-18(20,21)16(31)25-17-23-13-10(14(24-17)34-8-3-1-2-7(4-8)27(32)33)22-6-26(13)15-12(30)11(29)9(5-28)35-15/h1-4,6,9,11-12,15,28-30H,5H2,(H,23,24,25,31)/t9-,11-,12-,15-/m1/s1. The quantitative estimate of drug-likeness (QED) is 0.274. The van der Waals surface area contributed by atoms with Crippen LogP contribution >= 0.6 is 0 Å². The SMILES string of the molecule is O=C(Nc1nc(Oc2cccc([N+](=O)[O-])c2)c2ncn([C@@H]3O[C@H](CO)[C@@H](O)[C@H]3O)c2n1)C(F)(F)F. The second kappa shape index (κ2) is 9.02. The lowest BCUT2D eigenvalue weighted by molar-refractivity contribution is -0.384. The van der Waals surface area contributed by atoms with Crippen molar-refractivity contribution in [2.45, 2.75) is 30.7 Å². The Bertz CT molecular complexity index is 1280. The molecule has 4 atom stereocenters. The molecule has 3 heterocycles. The molecule has 0 bridgehead atoms. The van der Waals surface area contributed by atoms with E-state index < -0.39 is 60.0 Å². The van der Waals surface area contributed by atoms with Crippen molar-refractivity contribution in [1.29, 1.82) is 0 Å². The molecule has 186 valence electrons. The third-order valence-electron chi connectivity index (χ3n) is 4.91. The van der Waals surface area contributed by atoms with Crippen molar-refractivity contribution < 1.29 is 47.7 Å². The number of nitrogens with one attached hydrogen (secondary N) is 1. The number of aromatic nitrogens is 4. The average molecular weight is 500 g/mol. The average Bonchev–Trinajstić information content (AvgIpc) is 3.34. The van der Waals surface area contributed by atoms with Crippen LogP contribution in [0, 0.1) is 10.1 Å². The smallest absolute Gasteiger partial charge is 0.437 e. The first-order chi connectivity index (χ1) is 16.5. The largest absolute Gasteiger partial charge is 0.471 e. The summed E-state index contributed by atoms with van der Waals surface area (Å²) in [6, 6.07) is 4.78. The maximum absolute atomic E-state index is 12.8. The Morgan fingerprint density at radius 3 is 2.66 bits per heavy atom. The predicted molar refractivity (Wildman–Crippen MR) is 106 cm³/mol. The van der Waals surface area contributed by atoms with E-state index in [1.54, 1.807) is 0 Å². The predicted octanol–water partition coefficient (Wildman–Crippen LogP) is 0.639. The molecule has 35 heavy (non-hydrogen) atoms. The molecule has 14 nitrogen and oxygen atoms in total. The highest BCUT2D eigenvalue weighted by molar-refractivity contribution is 5.94. The zero-order valence-electron chi connectivity index (χ0n) is 17.2. The summed E-state index contributed by atoms with van der Waals surface area (Å²) in [4.78, 5) is 33.3. The summed E-state index contributed by atoms with van der Waals surface area (Å²) in [7, 11) is 0. The van der Waals surface area contributed by atoms with Crippen LogP contribution in [0.3, 0.4) is 0 Å². The van der Waals surface area contributed by atoms with Gasteiger partial charge in [0.15, 0.2) is 17.4 Å². The lowest BCUT2D eigenvalue weighted by atomic mass is 10.1. The molecule has 0 radical (unpaired) electrons. The van der Waals surface area contributed by atoms with Crippen molar-refractivity contribution in [2.24, 2.45) is 0 Å². The van der Waals surface area contributed by atoms with E-state index in [1.165, 1.54) is 23.5 Å². The number of non-ortho nitro benzene ring substituents is 1. The normalized spacial score (nSPS) is 22.3. The van der Waals surface area contributed by atoms with Crippen molar-refractivity contribution in [3.63, 3.8) is 0 Å². The number of anilines is 1. The molecule has 0 aliphatic carbocycles. The van der Waals surface area contributed by atoms with Crippen molar-refractivity contribution in [3.8, 4) is 11.6 Å². The molecule has 0 spiro atoms. The van der Waals surface area contributed by atoms with Gasteiger partial charge < -0.3 is 24.8 Å². The van der Waals surface area contributed by atoms with Gasteiger partial charge in [-0.05, 0) is 6.07 Å². The van der Waals surface area contributed by atoms with Crippen LogP contribution in [0.15, 0.2) is 30.6 Å². The number of rotatable bonds is 6. The van der Waals surface area contributed by atoms with Crippen LogP contribution in [0.4, 0.5) is 24.8 Å². The van der Waals surface area contributed by atoms with Crippen molar-refractivity contribution in [1.82, 2.24) is 19.5 Å². The van der Waals surface area contributed by atoms with E-state index in [0.29, 0.717) is 0 Å². The molecule has 4 rings (SSSR count). The Hall–Kier alpha value is -3.93. The monoisotopic (exact) mass is 500 g/mol. The van der Waals surface area contributed by atoms with Gasteiger partial charge in [-0.3, -0.25) is 24.8 Å². The Balaban J connectivity index is 1.80. The van der Waals surface area contributed by atoms with Crippen molar-refractivity contribution in [3.05, 3.63) is 40.7 Å². The van der Waals surface area contributed by atoms with E-state index >= 15 is 0 Å². The van der Waals surface area contributed by atoms with Gasteiger partial charge in [0.05, 0.1) is 23.9 Å². The first kappa shape index (κ1) is 24.2. The minimum atomic E-state index is -5.27. The number of carbonyl (C=O) groups excluding carboxylic acids is 1. The number of carbonyl (C=O) groups is 1. The number of hydrogen-bond donors (Lipinski definition) is 4. The number of aliphatic hydroxyl groups is 3. The summed E-state index contributed by atoms with van der Waals surface area (Å²) in [5.41, 5.74) is -0.817. The van der Waals surface area contributed by atoms with E-state index in [1.807, 2.05) is 0 Å². The van der Waals surface area contributed by atoms with Crippen molar-refractivity contribution >= 4 is 28.7 Å². The molecule has 1 aliphatic rings. The minimum absolute atomic E-state index is 0.130. The van der Waals surface area contributed by atoms with Gasteiger partial charge in [-0.2, -0.15) is 23.1 Å². The maximum atomic E-state index is 12.8. The van der Waals surface area contributed by atoms with Gasteiger partial charge in [-0.1, -0.05) is 6.07 Å². The highest BCUT2D eigenvalue weighted by Crippen LogP contribution is 2.35. The molecule has 1 saturated heterocycles. The molecule has 2 aromatic heterocycles. The van der Waals surface area contributed by atoms with E-state index in [0.717, 1.165) is 17.0 Å². The number of alkyl halides is 3. The topological polar surface area (TPSA) is 195 Å². The van der Waals surface area contributed by atoms with Gasteiger partial charge in [0, 0.05) is 6.07 Å². The van der Waals surface area contributed by atoms with Gasteiger partial charge in [0.1, 0.15) is 24.1 Å². The van der Waals surface area contributed by atoms with Gasteiger partial charge in [0.2, 0.25) is 5.95 Å². The fraction of sp³-hybridized carbons (Fsp3) is 0.333. The zero-order valence-corrected chi connectivity index (χ0v) is 17.2. The summed E-state index contributed by atoms with van der Waals surface area (Å²) >= 11 is 0. The number of halogens is 3. The number of nitro benzene ring substituents is 1. The van der Waals surface area contributed by atoms with Gasteiger partial charge >= 0.3 is 12.1 Å². The van der Waals surface area contributed by atoms with E-state index in [2.05, 4.69) is 15.0 Å². The molecule has 0 unspecified atom stereocenters. The third kappa shape index (κ3) is 4.69. The molecule has 4 N–H and O–H groups in total. The first-order valence-electron chi connectivity index (χ1n) is 9.67. The molecule has 3 aromatic rings. The molecule has 1 amide bonds. The Morgan fingerprint density at radius 1 is 1.29 bits per heavy atom. The van der Waals surface area contributed by atoms with Crippen molar-refractivity contribution in [2.75, 3.05) is 11.9 Å². The number of imidazole rings is 1. The minimum Gasteiger partial charge on any atom is -0.437 e. The number of ether oxygens (including phenoxy) is 2. The van der Waals surface area contributed by atoms with Crippen LogP contribution in [0.2, 0.25) is 0 Å². The summed E-state index contributed by atoms with van der Waals surface area (Å²) in [6.07, 6.45) is -9.88. The van der Waals surface area contributed by atoms with Gasteiger partial charge in [-0.15, -0.1) is 0 Å². The lowest BCUT2D eigenvalue weighted by Crippen LogP contribution is -2.33. The Labute approximate surface area is 191 Å². The third-order valence-corrected chi connectivity index (χ3v) is 4.91. The fourth-order valence-corrected chi connectivity index (χ4v) is 3.26. The van der Waals surface area contributed by atoms with E-state index in [-0.39, 0.29) is 22.6 Å². The van der Waals surface area contributed by atoms with Crippen LogP contribution in [0.25, 0.3) is 11.2 Å². The number of nitrogens with zero attached hydrogens (tertiary/aromatic N) is 5. The number of hydrogen-bond acceptors (Lipinski definition) is 11. The van der Waals surface area contributed by atoms with Crippen LogP contribution in [0.1, 0.15) is 6.23 Å². The lowest BCUT2D eigenvalue weighted by Gasteiger charge is -2.17. The maximum Gasteiger partial charge on any atom is 0.471 e. The summed E-state index contributed by atoms with van der Waals surface area (Å²) < 4.78 is 50.2. The molecule has 17 heteroatoms. The van der Waals surface area contributed by atoms with E-state index in [9.17, 15) is 43.4 Å². The molecule has 1 aromatic carbocycles. The number of benzene rings is 1. The van der Waals surface area contributed by atoms with Crippen LogP contribution in [-0.4, -0.2) is 76.8 Å². The summed E-state index contributed by atoms with van der Waals surface area (Å²) in [6.45, 7) is -0.648. The Morgan fingerprint density at radius 2 is 2.03 bits per heavy atom. The van der Waals surface area contributed by atoms with Crippen LogP contribution in [0.5, 0.6) is 11.6 Å². The van der Waals surface area contributed by atoms with Crippen LogP contribution < -0.4 is 10.1 Å². The number of amides is 1. The number of aliphatic hydroxyl groups excluding tert-OH is 3. The fourth-order valence-electron chi connectivity index (χ4n) is 3.26. The second-order valence-electron chi connectivity index (χ2n) is 7.21. The molecule has 1 aliphatic heterocycles.